The van der Waals surface area contributed by atoms with E-state index in [-0.39, 0.29) is 38.5 Å². The van der Waals surface area contributed by atoms with Crippen LogP contribution >= 0.6 is 23.2 Å². The van der Waals surface area contributed by atoms with E-state index in [0.717, 1.165) is 5.56 Å². The molecule has 3 aromatic carbocycles. The van der Waals surface area contributed by atoms with Gasteiger partial charge in [-0.25, -0.2) is 8.42 Å². The van der Waals surface area contributed by atoms with Crippen molar-refractivity contribution in [1.29, 1.82) is 0 Å². The number of amides is 1. The molecule has 0 heterocycles. The van der Waals surface area contributed by atoms with Gasteiger partial charge >= 0.3 is 0 Å². The normalized spacial score (nSPS) is 11.0. The maximum Gasteiger partial charge on any atom is 0.262 e. The van der Waals surface area contributed by atoms with Crippen LogP contribution in [-0.4, -0.2) is 28.5 Å². The Kier molecular flexibility index (Phi) is 7.50. The van der Waals surface area contributed by atoms with E-state index in [1.165, 1.54) is 44.6 Å². The maximum absolute atomic E-state index is 13.0. The van der Waals surface area contributed by atoms with Gasteiger partial charge in [-0.15, -0.1) is 0 Å². The van der Waals surface area contributed by atoms with E-state index < -0.39 is 15.9 Å². The van der Waals surface area contributed by atoms with Crippen molar-refractivity contribution in [3.05, 3.63) is 81.8 Å². The van der Waals surface area contributed by atoms with Gasteiger partial charge in [0.25, 0.3) is 15.9 Å². The summed E-state index contributed by atoms with van der Waals surface area (Å²) in [4.78, 5) is 12.5. The van der Waals surface area contributed by atoms with Gasteiger partial charge in [-0.2, -0.15) is 0 Å². The van der Waals surface area contributed by atoms with Gasteiger partial charge in [0.1, 0.15) is 11.5 Å². The summed E-state index contributed by atoms with van der Waals surface area (Å²) >= 11 is 12.3. The molecule has 10 heteroatoms. The number of ether oxygens (including phenoxy) is 2. The minimum Gasteiger partial charge on any atom is -0.495 e. The third-order valence-electron chi connectivity index (χ3n) is 4.51. The fraction of sp³-hybridized carbons (Fsp3) is 0.136. The Morgan fingerprint density at radius 1 is 0.906 bits per heavy atom. The second-order valence-corrected chi connectivity index (χ2v) is 9.10. The van der Waals surface area contributed by atoms with Gasteiger partial charge < -0.3 is 14.8 Å². The number of hydrogen-bond donors (Lipinski definition) is 2. The van der Waals surface area contributed by atoms with Crippen molar-refractivity contribution < 1.29 is 22.7 Å². The highest BCUT2D eigenvalue weighted by atomic mass is 35.5. The number of anilines is 1. The molecule has 0 spiro atoms. The van der Waals surface area contributed by atoms with E-state index in [4.69, 9.17) is 32.7 Å². The molecule has 0 atom stereocenters. The molecule has 0 unspecified atom stereocenters. The summed E-state index contributed by atoms with van der Waals surface area (Å²) in [5, 5.41) is 3.05. The summed E-state index contributed by atoms with van der Waals surface area (Å²) < 4.78 is 38.7. The topological polar surface area (TPSA) is 93.7 Å². The zero-order valence-electron chi connectivity index (χ0n) is 17.2. The fourth-order valence-corrected chi connectivity index (χ4v) is 4.39. The lowest BCUT2D eigenvalue weighted by molar-refractivity contribution is 0.0951. The minimum absolute atomic E-state index is 0.0326. The highest BCUT2D eigenvalue weighted by Gasteiger charge is 2.21. The lowest BCUT2D eigenvalue weighted by atomic mass is 10.2. The maximum atomic E-state index is 13.0. The van der Waals surface area contributed by atoms with E-state index in [9.17, 15) is 13.2 Å². The Labute approximate surface area is 196 Å². The second-order valence-electron chi connectivity index (χ2n) is 6.60. The van der Waals surface area contributed by atoms with Crippen LogP contribution in [0.4, 0.5) is 5.69 Å². The van der Waals surface area contributed by atoms with Crippen molar-refractivity contribution in [2.24, 2.45) is 0 Å². The quantitative estimate of drug-likeness (QED) is 0.471. The standard InChI is InChI=1S/C22H20Cl2N2O5S/c1-30-20-12-21(31-2)19(11-18(20)24)26-32(28,29)15-8-9-17(23)16(10-15)22(27)25-13-14-6-4-3-5-7-14/h3-12,26H,13H2,1-2H3,(H,25,27). The Bertz CT molecular complexity index is 1230. The molecular formula is C22H20Cl2N2O5S. The van der Waals surface area contributed by atoms with Gasteiger partial charge in [-0.3, -0.25) is 9.52 Å². The van der Waals surface area contributed by atoms with Crippen molar-refractivity contribution in [3.8, 4) is 11.5 Å². The van der Waals surface area contributed by atoms with Gasteiger partial charge in [-0.05, 0) is 29.8 Å². The number of sulfonamides is 1. The molecule has 1 amide bonds. The van der Waals surface area contributed by atoms with E-state index in [2.05, 4.69) is 10.0 Å². The molecule has 0 saturated carbocycles. The molecule has 0 aromatic heterocycles. The first-order valence-electron chi connectivity index (χ1n) is 9.31. The Balaban J connectivity index is 1.86. The number of rotatable bonds is 8. The molecule has 32 heavy (non-hydrogen) atoms. The number of methoxy groups -OCH3 is 2. The number of nitrogens with one attached hydrogen (secondary N) is 2. The Hall–Kier alpha value is -2.94. The van der Waals surface area contributed by atoms with Gasteiger partial charge in [0.2, 0.25) is 0 Å². The van der Waals surface area contributed by atoms with Crippen LogP contribution in [0.1, 0.15) is 15.9 Å². The lowest BCUT2D eigenvalue weighted by Gasteiger charge is -2.15. The highest BCUT2D eigenvalue weighted by molar-refractivity contribution is 7.92. The van der Waals surface area contributed by atoms with Crippen LogP contribution in [0.5, 0.6) is 11.5 Å². The first kappa shape index (κ1) is 23.7. The summed E-state index contributed by atoms with van der Waals surface area (Å²) in [6.45, 7) is 0.271. The first-order valence-corrected chi connectivity index (χ1v) is 11.5. The van der Waals surface area contributed by atoms with E-state index in [0.29, 0.717) is 5.75 Å². The SMILES string of the molecule is COc1cc(OC)c(NS(=O)(=O)c2ccc(Cl)c(C(=O)NCc3ccccc3)c2)cc1Cl. The van der Waals surface area contributed by atoms with Crippen LogP contribution in [0.15, 0.2) is 65.6 Å². The average molecular weight is 495 g/mol. The third kappa shape index (κ3) is 5.45. The minimum atomic E-state index is -4.09. The predicted molar refractivity (Wildman–Crippen MR) is 124 cm³/mol. The van der Waals surface area contributed by atoms with Crippen molar-refractivity contribution in [2.75, 3.05) is 18.9 Å². The number of carbonyl (C=O) groups is 1. The van der Waals surface area contributed by atoms with E-state index >= 15 is 0 Å². The second kappa shape index (κ2) is 10.1. The van der Waals surface area contributed by atoms with Crippen LogP contribution < -0.4 is 19.5 Å². The molecule has 0 bridgehead atoms. The highest BCUT2D eigenvalue weighted by Crippen LogP contribution is 2.37. The van der Waals surface area contributed by atoms with Crippen molar-refractivity contribution in [2.45, 2.75) is 11.4 Å². The van der Waals surface area contributed by atoms with Crippen molar-refractivity contribution in [3.63, 3.8) is 0 Å². The van der Waals surface area contributed by atoms with Crippen LogP contribution in [0.2, 0.25) is 10.0 Å². The van der Waals surface area contributed by atoms with Crippen molar-refractivity contribution in [1.82, 2.24) is 5.32 Å². The molecule has 0 fully saturated rings. The molecule has 3 aromatic rings. The van der Waals surface area contributed by atoms with Gasteiger partial charge in [0.05, 0.1) is 40.4 Å². The van der Waals surface area contributed by atoms with Gasteiger partial charge in [0.15, 0.2) is 0 Å². The van der Waals surface area contributed by atoms with Gasteiger partial charge in [0, 0.05) is 12.6 Å². The molecule has 0 aliphatic carbocycles. The van der Waals surface area contributed by atoms with Crippen LogP contribution in [0.25, 0.3) is 0 Å². The molecular weight excluding hydrogens is 475 g/mol. The smallest absolute Gasteiger partial charge is 0.262 e. The van der Waals surface area contributed by atoms with E-state index in [1.807, 2.05) is 30.3 Å². The molecule has 2 N–H and O–H groups in total. The number of hydrogen-bond acceptors (Lipinski definition) is 5. The molecule has 0 radical (unpaired) electrons. The number of benzene rings is 3. The monoisotopic (exact) mass is 494 g/mol. The molecule has 0 saturated heterocycles. The summed E-state index contributed by atoms with van der Waals surface area (Å²) in [7, 11) is -1.27. The number of carbonyl (C=O) groups excluding carboxylic acids is 1. The molecule has 3 rings (SSSR count). The first-order chi connectivity index (χ1) is 15.2. The van der Waals surface area contributed by atoms with Crippen molar-refractivity contribution >= 4 is 44.8 Å². The molecule has 0 aliphatic rings. The summed E-state index contributed by atoms with van der Waals surface area (Å²) in [6, 6.07) is 16.0. The Morgan fingerprint density at radius 3 is 2.25 bits per heavy atom. The Morgan fingerprint density at radius 2 is 1.59 bits per heavy atom. The number of halogens is 2. The summed E-state index contributed by atoms with van der Waals surface area (Å²) in [5.41, 5.74) is 1.04. The third-order valence-corrected chi connectivity index (χ3v) is 6.50. The summed E-state index contributed by atoms with van der Waals surface area (Å²) in [5.74, 6) is 0.0425. The molecule has 7 nitrogen and oxygen atoms in total. The van der Waals surface area contributed by atoms with Crippen LogP contribution in [0, 0.1) is 0 Å². The van der Waals surface area contributed by atoms with E-state index in [1.54, 1.807) is 0 Å². The zero-order chi connectivity index (χ0) is 23.3. The predicted octanol–water partition coefficient (Wildman–Crippen LogP) is 4.74. The van der Waals surface area contributed by atoms with Gasteiger partial charge in [-0.1, -0.05) is 53.5 Å². The molecule has 0 aliphatic heterocycles. The average Bonchev–Trinajstić information content (AvgIpc) is 2.78. The largest absolute Gasteiger partial charge is 0.495 e. The lowest BCUT2D eigenvalue weighted by Crippen LogP contribution is -2.23. The molecule has 168 valence electrons. The van der Waals surface area contributed by atoms with Crippen LogP contribution in [0.3, 0.4) is 0 Å². The fourth-order valence-electron chi connectivity index (χ4n) is 2.86. The summed E-state index contributed by atoms with van der Waals surface area (Å²) in [6.07, 6.45) is 0. The zero-order valence-corrected chi connectivity index (χ0v) is 19.5. The van der Waals surface area contributed by atoms with Crippen LogP contribution in [-0.2, 0) is 16.6 Å².